The van der Waals surface area contributed by atoms with Crippen LogP contribution in [0.15, 0.2) is 12.5 Å². The molecule has 1 aliphatic rings. The normalized spacial score (nSPS) is 14.0. The molecule has 2 heterocycles. The zero-order valence-corrected chi connectivity index (χ0v) is 14.9. The molecule has 1 aliphatic carbocycles. The standard InChI is InChI=1S/C8H10N4.C7H15N.C2H6/c1-5-3-12(2)8-6(5)7(9)10-4-11-8;1-8(2)6-7-4-3-5-7;1-2/h3-4H,1-2H3,(H2,9,10,11);7H,3-6H2,1-2H3;1-2H3. The van der Waals surface area contributed by atoms with E-state index in [0.717, 1.165) is 22.5 Å². The first-order valence-electron chi connectivity index (χ1n) is 8.16. The van der Waals surface area contributed by atoms with Crippen molar-refractivity contribution in [3.05, 3.63) is 18.1 Å². The number of aromatic nitrogens is 3. The largest absolute Gasteiger partial charge is 0.383 e. The molecule has 5 heteroatoms. The van der Waals surface area contributed by atoms with E-state index >= 15 is 0 Å². The fraction of sp³-hybridized carbons (Fsp3) is 0.647. The van der Waals surface area contributed by atoms with Crippen molar-refractivity contribution in [2.24, 2.45) is 13.0 Å². The number of nitrogens with zero attached hydrogens (tertiary/aromatic N) is 4. The maximum absolute atomic E-state index is 5.71. The zero-order chi connectivity index (χ0) is 16.7. The van der Waals surface area contributed by atoms with Gasteiger partial charge < -0.3 is 15.2 Å². The molecule has 2 aromatic heterocycles. The molecule has 124 valence electrons. The predicted molar refractivity (Wildman–Crippen MR) is 94.9 cm³/mol. The third-order valence-corrected chi connectivity index (χ3v) is 3.82. The van der Waals surface area contributed by atoms with Gasteiger partial charge in [-0.1, -0.05) is 20.3 Å². The van der Waals surface area contributed by atoms with Gasteiger partial charge in [0, 0.05) is 19.8 Å². The first kappa shape index (κ1) is 18.4. The first-order valence-corrected chi connectivity index (χ1v) is 8.16. The Kier molecular flexibility index (Phi) is 7.32. The van der Waals surface area contributed by atoms with Crippen molar-refractivity contribution >= 4 is 16.9 Å². The lowest BCUT2D eigenvalue weighted by atomic mass is 9.85. The summed E-state index contributed by atoms with van der Waals surface area (Å²) in [5, 5.41) is 0.958. The lowest BCUT2D eigenvalue weighted by molar-refractivity contribution is 0.230. The second kappa shape index (κ2) is 8.73. The highest BCUT2D eigenvalue weighted by Crippen LogP contribution is 2.26. The van der Waals surface area contributed by atoms with E-state index in [1.54, 1.807) is 0 Å². The maximum Gasteiger partial charge on any atom is 0.145 e. The van der Waals surface area contributed by atoms with E-state index in [9.17, 15) is 0 Å². The van der Waals surface area contributed by atoms with E-state index in [4.69, 9.17) is 5.73 Å². The molecule has 0 atom stereocenters. The van der Waals surface area contributed by atoms with E-state index in [1.807, 2.05) is 38.6 Å². The van der Waals surface area contributed by atoms with Crippen LogP contribution in [0.2, 0.25) is 0 Å². The SMILES string of the molecule is CC.CN(C)CC1CCC1.Cc1cn(C)c2ncnc(N)c12. The minimum atomic E-state index is 0.554. The Morgan fingerprint density at radius 1 is 1.27 bits per heavy atom. The van der Waals surface area contributed by atoms with Gasteiger partial charge in [-0.25, -0.2) is 9.97 Å². The van der Waals surface area contributed by atoms with E-state index in [2.05, 4.69) is 29.0 Å². The second-order valence-electron chi connectivity index (χ2n) is 5.94. The fourth-order valence-electron chi connectivity index (χ4n) is 2.64. The highest BCUT2D eigenvalue weighted by atomic mass is 15.1. The third kappa shape index (κ3) is 4.70. The number of rotatable bonds is 2. The molecular weight excluding hydrogens is 274 g/mol. The van der Waals surface area contributed by atoms with E-state index in [1.165, 1.54) is 32.1 Å². The van der Waals surface area contributed by atoms with Crippen LogP contribution >= 0.6 is 0 Å². The van der Waals surface area contributed by atoms with Gasteiger partial charge in [-0.15, -0.1) is 0 Å². The Morgan fingerprint density at radius 3 is 2.32 bits per heavy atom. The summed E-state index contributed by atoms with van der Waals surface area (Å²) in [6.07, 6.45) is 7.89. The van der Waals surface area contributed by atoms with Gasteiger partial charge in [0.2, 0.25) is 0 Å². The van der Waals surface area contributed by atoms with E-state index < -0.39 is 0 Å². The lowest BCUT2D eigenvalue weighted by Gasteiger charge is -2.27. The summed E-state index contributed by atoms with van der Waals surface area (Å²) < 4.78 is 1.95. The monoisotopic (exact) mass is 305 g/mol. The van der Waals surface area contributed by atoms with Crippen molar-refractivity contribution in [1.82, 2.24) is 19.4 Å². The van der Waals surface area contributed by atoms with Gasteiger partial charge in [-0.05, 0) is 45.3 Å². The molecule has 0 radical (unpaired) electrons. The van der Waals surface area contributed by atoms with Gasteiger partial charge in [0.15, 0.2) is 0 Å². The van der Waals surface area contributed by atoms with Crippen molar-refractivity contribution < 1.29 is 0 Å². The van der Waals surface area contributed by atoms with Crippen LogP contribution in [-0.2, 0) is 7.05 Å². The quantitative estimate of drug-likeness (QED) is 0.925. The van der Waals surface area contributed by atoms with Gasteiger partial charge in [0.05, 0.1) is 5.39 Å². The molecule has 0 bridgehead atoms. The summed E-state index contributed by atoms with van der Waals surface area (Å²) in [5.41, 5.74) is 7.71. The zero-order valence-electron chi connectivity index (χ0n) is 14.9. The highest BCUT2D eigenvalue weighted by Gasteiger charge is 2.17. The minimum Gasteiger partial charge on any atom is -0.383 e. The van der Waals surface area contributed by atoms with Gasteiger partial charge in [0.1, 0.15) is 17.8 Å². The Hall–Kier alpha value is -1.62. The molecule has 5 nitrogen and oxygen atoms in total. The third-order valence-electron chi connectivity index (χ3n) is 3.82. The van der Waals surface area contributed by atoms with E-state index in [0.29, 0.717) is 5.82 Å². The molecule has 0 aromatic carbocycles. The molecule has 0 aliphatic heterocycles. The molecule has 22 heavy (non-hydrogen) atoms. The van der Waals surface area contributed by atoms with Gasteiger partial charge in [-0.3, -0.25) is 0 Å². The topological polar surface area (TPSA) is 60.0 Å². The number of fused-ring (bicyclic) bond motifs is 1. The van der Waals surface area contributed by atoms with E-state index in [-0.39, 0.29) is 0 Å². The smallest absolute Gasteiger partial charge is 0.145 e. The summed E-state index contributed by atoms with van der Waals surface area (Å²) in [6.45, 7) is 7.31. The van der Waals surface area contributed by atoms with Crippen LogP contribution in [0.25, 0.3) is 11.0 Å². The molecular formula is C17H31N5. The Labute approximate surface area is 134 Å². The Balaban J connectivity index is 0.000000211. The molecule has 0 spiro atoms. The molecule has 1 saturated carbocycles. The summed E-state index contributed by atoms with van der Waals surface area (Å²) >= 11 is 0. The van der Waals surface area contributed by atoms with Crippen LogP contribution in [0.4, 0.5) is 5.82 Å². The molecule has 2 aromatic rings. The van der Waals surface area contributed by atoms with Gasteiger partial charge in [0.25, 0.3) is 0 Å². The number of hydrogen-bond acceptors (Lipinski definition) is 4. The number of anilines is 1. The number of nitrogen functional groups attached to an aromatic ring is 1. The van der Waals surface area contributed by atoms with Crippen LogP contribution in [0.3, 0.4) is 0 Å². The van der Waals surface area contributed by atoms with Crippen LogP contribution in [-0.4, -0.2) is 40.1 Å². The van der Waals surface area contributed by atoms with Crippen molar-refractivity contribution in [3.63, 3.8) is 0 Å². The minimum absolute atomic E-state index is 0.554. The average Bonchev–Trinajstić information content (AvgIpc) is 2.74. The molecule has 1 fully saturated rings. The number of nitrogens with two attached hydrogens (primary N) is 1. The fourth-order valence-corrected chi connectivity index (χ4v) is 2.64. The van der Waals surface area contributed by atoms with Gasteiger partial charge >= 0.3 is 0 Å². The maximum atomic E-state index is 5.71. The predicted octanol–water partition coefficient (Wildman–Crippen LogP) is 3.23. The summed E-state index contributed by atoms with van der Waals surface area (Å²) in [7, 11) is 6.25. The average molecular weight is 305 g/mol. The summed E-state index contributed by atoms with van der Waals surface area (Å²) in [4.78, 5) is 10.4. The highest BCUT2D eigenvalue weighted by molar-refractivity contribution is 5.89. The molecule has 0 amide bonds. The van der Waals surface area contributed by atoms with Crippen LogP contribution in [0, 0.1) is 12.8 Å². The molecule has 2 N–H and O–H groups in total. The molecule has 0 saturated heterocycles. The number of aryl methyl sites for hydroxylation is 2. The first-order chi connectivity index (χ1) is 10.5. The Morgan fingerprint density at radius 2 is 1.91 bits per heavy atom. The lowest BCUT2D eigenvalue weighted by Crippen LogP contribution is -2.26. The van der Waals surface area contributed by atoms with Crippen molar-refractivity contribution in [2.45, 2.75) is 40.0 Å². The van der Waals surface area contributed by atoms with Crippen LogP contribution in [0.5, 0.6) is 0 Å². The van der Waals surface area contributed by atoms with Crippen molar-refractivity contribution in [1.29, 1.82) is 0 Å². The number of hydrogen-bond donors (Lipinski definition) is 1. The summed E-state index contributed by atoms with van der Waals surface area (Å²) in [5.74, 6) is 1.59. The molecule has 0 unspecified atom stereocenters. The van der Waals surface area contributed by atoms with Crippen LogP contribution in [0.1, 0.15) is 38.7 Å². The Bertz CT molecular complexity index is 570. The summed E-state index contributed by atoms with van der Waals surface area (Å²) in [6, 6.07) is 0. The van der Waals surface area contributed by atoms with Crippen molar-refractivity contribution in [3.8, 4) is 0 Å². The van der Waals surface area contributed by atoms with Gasteiger partial charge in [-0.2, -0.15) is 0 Å². The van der Waals surface area contributed by atoms with Crippen LogP contribution < -0.4 is 5.73 Å². The second-order valence-corrected chi connectivity index (χ2v) is 5.94. The van der Waals surface area contributed by atoms with Crippen molar-refractivity contribution in [2.75, 3.05) is 26.4 Å². The molecule has 3 rings (SSSR count).